The molecule has 194 valence electrons. The molecule has 1 fully saturated rings. The molecule has 9 heteroatoms. The molecule has 0 atom stereocenters. The van der Waals surface area contributed by atoms with Crippen LogP contribution in [0.1, 0.15) is 11.1 Å². The summed E-state index contributed by atoms with van der Waals surface area (Å²) >= 11 is 11.4. The number of hydrogen-bond acceptors (Lipinski definition) is 5. The van der Waals surface area contributed by atoms with Gasteiger partial charge in [-0.1, -0.05) is 48.0 Å². The molecule has 1 heterocycles. The van der Waals surface area contributed by atoms with Crippen molar-refractivity contribution in [1.29, 1.82) is 0 Å². The topological polar surface area (TPSA) is 67.9 Å². The highest BCUT2D eigenvalue weighted by molar-refractivity contribution is 7.80. The van der Waals surface area contributed by atoms with Crippen LogP contribution in [0.5, 0.6) is 17.2 Å². The average Bonchev–Trinajstić information content (AvgIpc) is 2.92. The standard InChI is InChI=1S/C30H20ClFN2O4S/c31-26-10-5-11-27(32)25(26)18-37-23-9-4-6-19(16-23)17-24-28(35)33-30(39)34(29(24)36)20-12-14-22(15-13-20)38-21-7-2-1-3-8-21/h1-17H,18H2,(H,33,35,39). The molecular formula is C30H20ClFN2O4S. The number of ether oxygens (including phenoxy) is 2. The van der Waals surface area contributed by atoms with Gasteiger partial charge in [0.25, 0.3) is 11.8 Å². The highest BCUT2D eigenvalue weighted by atomic mass is 35.5. The molecule has 39 heavy (non-hydrogen) atoms. The van der Waals surface area contributed by atoms with E-state index >= 15 is 0 Å². The van der Waals surface area contributed by atoms with Gasteiger partial charge in [0.05, 0.1) is 10.7 Å². The van der Waals surface area contributed by atoms with Gasteiger partial charge in [0.1, 0.15) is 35.2 Å². The minimum Gasteiger partial charge on any atom is -0.489 e. The van der Waals surface area contributed by atoms with Gasteiger partial charge in [0.2, 0.25) is 0 Å². The summed E-state index contributed by atoms with van der Waals surface area (Å²) < 4.78 is 25.6. The van der Waals surface area contributed by atoms with Gasteiger partial charge in [0, 0.05) is 5.56 Å². The quantitative estimate of drug-likeness (QED) is 0.156. The van der Waals surface area contributed by atoms with E-state index in [2.05, 4.69) is 5.32 Å². The Labute approximate surface area is 234 Å². The van der Waals surface area contributed by atoms with Crippen LogP contribution in [0.4, 0.5) is 10.1 Å². The fraction of sp³-hybridized carbons (Fsp3) is 0.0333. The van der Waals surface area contributed by atoms with Crippen LogP contribution in [0.2, 0.25) is 5.02 Å². The van der Waals surface area contributed by atoms with Crippen molar-refractivity contribution in [2.75, 3.05) is 4.90 Å². The molecule has 0 bridgehead atoms. The number of anilines is 1. The van der Waals surface area contributed by atoms with Crippen LogP contribution in [0.25, 0.3) is 6.08 Å². The largest absolute Gasteiger partial charge is 0.489 e. The molecule has 0 aliphatic carbocycles. The lowest BCUT2D eigenvalue weighted by Gasteiger charge is -2.29. The third kappa shape index (κ3) is 5.98. The van der Waals surface area contributed by atoms with Gasteiger partial charge in [0.15, 0.2) is 5.11 Å². The van der Waals surface area contributed by atoms with Gasteiger partial charge in [-0.05, 0) is 84.5 Å². The van der Waals surface area contributed by atoms with Gasteiger partial charge < -0.3 is 9.47 Å². The zero-order valence-corrected chi connectivity index (χ0v) is 21.8. The van der Waals surface area contributed by atoms with Crippen molar-refractivity contribution >= 4 is 52.5 Å². The Bertz CT molecular complexity index is 1570. The van der Waals surface area contributed by atoms with Gasteiger partial charge in [-0.25, -0.2) is 4.39 Å². The van der Waals surface area contributed by atoms with E-state index in [4.69, 9.17) is 33.3 Å². The SMILES string of the molecule is O=C1NC(=S)N(c2ccc(Oc3ccccc3)cc2)C(=O)C1=Cc1cccc(OCc2c(F)cccc2Cl)c1. The van der Waals surface area contributed by atoms with Crippen molar-refractivity contribution in [3.8, 4) is 17.2 Å². The molecule has 2 amide bonds. The number of hydrogen-bond donors (Lipinski definition) is 1. The number of thiocarbonyl (C=S) groups is 1. The smallest absolute Gasteiger partial charge is 0.270 e. The molecule has 0 unspecified atom stereocenters. The number of carbonyl (C=O) groups is 2. The molecule has 0 aromatic heterocycles. The molecule has 5 rings (SSSR count). The lowest BCUT2D eigenvalue weighted by Crippen LogP contribution is -2.54. The molecule has 0 spiro atoms. The van der Waals surface area contributed by atoms with E-state index in [1.54, 1.807) is 54.6 Å². The fourth-order valence-electron chi connectivity index (χ4n) is 3.87. The molecule has 0 saturated carbocycles. The van der Waals surface area contributed by atoms with Crippen molar-refractivity contribution in [3.05, 3.63) is 125 Å². The van der Waals surface area contributed by atoms with Crippen molar-refractivity contribution < 1.29 is 23.5 Å². The summed E-state index contributed by atoms with van der Waals surface area (Å²) in [5.41, 5.74) is 1.12. The van der Waals surface area contributed by atoms with Crippen LogP contribution in [-0.2, 0) is 16.2 Å². The van der Waals surface area contributed by atoms with Crippen LogP contribution in [-0.4, -0.2) is 16.9 Å². The summed E-state index contributed by atoms with van der Waals surface area (Å²) in [6.45, 7) is -0.0863. The second-order valence-electron chi connectivity index (χ2n) is 8.43. The molecule has 1 aliphatic heterocycles. The summed E-state index contributed by atoms with van der Waals surface area (Å²) in [5, 5.41) is 2.80. The summed E-state index contributed by atoms with van der Waals surface area (Å²) in [4.78, 5) is 27.3. The van der Waals surface area contributed by atoms with Crippen LogP contribution < -0.4 is 19.7 Å². The molecule has 0 radical (unpaired) electrons. The van der Waals surface area contributed by atoms with E-state index < -0.39 is 17.6 Å². The number of nitrogens with zero attached hydrogens (tertiary/aromatic N) is 1. The van der Waals surface area contributed by atoms with Crippen LogP contribution in [0, 0.1) is 5.82 Å². The van der Waals surface area contributed by atoms with E-state index in [1.165, 1.54) is 23.1 Å². The van der Waals surface area contributed by atoms with Crippen LogP contribution in [0.15, 0.2) is 103 Å². The number of rotatable bonds is 7. The predicted molar refractivity (Wildman–Crippen MR) is 151 cm³/mol. The van der Waals surface area contributed by atoms with Gasteiger partial charge in [-0.15, -0.1) is 0 Å². The maximum absolute atomic E-state index is 14.1. The Kier molecular flexibility index (Phi) is 7.67. The first-order chi connectivity index (χ1) is 18.9. The van der Waals surface area contributed by atoms with Crippen LogP contribution in [0.3, 0.4) is 0 Å². The minimum absolute atomic E-state index is 0.0299. The van der Waals surface area contributed by atoms with E-state index in [9.17, 15) is 14.0 Å². The highest BCUT2D eigenvalue weighted by Crippen LogP contribution is 2.28. The third-order valence-corrected chi connectivity index (χ3v) is 6.43. The van der Waals surface area contributed by atoms with Crippen LogP contribution >= 0.6 is 23.8 Å². The van der Waals surface area contributed by atoms with Gasteiger partial charge >= 0.3 is 0 Å². The first-order valence-electron chi connectivity index (χ1n) is 11.8. The second kappa shape index (κ2) is 11.5. The predicted octanol–water partition coefficient (Wildman–Crippen LogP) is 6.68. The number of benzene rings is 4. The van der Waals surface area contributed by atoms with Crippen molar-refractivity contribution in [2.24, 2.45) is 0 Å². The van der Waals surface area contributed by atoms with Crippen molar-refractivity contribution in [2.45, 2.75) is 6.61 Å². The number of amides is 2. The van der Waals surface area contributed by atoms with E-state index in [0.717, 1.165) is 0 Å². The van der Waals surface area contributed by atoms with E-state index in [-0.39, 0.29) is 27.9 Å². The Hall–Kier alpha value is -4.53. The first-order valence-corrected chi connectivity index (χ1v) is 12.6. The van der Waals surface area contributed by atoms with Crippen molar-refractivity contribution in [1.82, 2.24) is 5.32 Å². The van der Waals surface area contributed by atoms with Gasteiger partial charge in [-0.3, -0.25) is 19.8 Å². The molecule has 1 N–H and O–H groups in total. The van der Waals surface area contributed by atoms with Gasteiger partial charge in [-0.2, -0.15) is 0 Å². The fourth-order valence-corrected chi connectivity index (χ4v) is 4.36. The lowest BCUT2D eigenvalue weighted by molar-refractivity contribution is -0.122. The summed E-state index contributed by atoms with van der Waals surface area (Å²) in [6.07, 6.45) is 1.45. The number of halogens is 2. The second-order valence-corrected chi connectivity index (χ2v) is 9.22. The highest BCUT2D eigenvalue weighted by Gasteiger charge is 2.34. The third-order valence-electron chi connectivity index (χ3n) is 5.79. The average molecular weight is 559 g/mol. The molecule has 1 aliphatic rings. The Morgan fingerprint density at radius 2 is 1.56 bits per heavy atom. The minimum atomic E-state index is -0.616. The number of carbonyl (C=O) groups excluding carboxylic acids is 2. The molecule has 6 nitrogen and oxygen atoms in total. The maximum atomic E-state index is 14.1. The first kappa shape index (κ1) is 26.1. The number of para-hydroxylation sites is 1. The summed E-state index contributed by atoms with van der Waals surface area (Å²) in [6, 6.07) is 27.2. The molecular weight excluding hydrogens is 539 g/mol. The number of nitrogens with one attached hydrogen (secondary N) is 1. The molecule has 1 saturated heterocycles. The summed E-state index contributed by atoms with van der Waals surface area (Å²) in [5.74, 6) is -0.00140. The van der Waals surface area contributed by atoms with Crippen molar-refractivity contribution in [3.63, 3.8) is 0 Å². The molecule has 4 aromatic carbocycles. The Balaban J connectivity index is 1.34. The lowest BCUT2D eigenvalue weighted by atomic mass is 10.1. The monoisotopic (exact) mass is 558 g/mol. The maximum Gasteiger partial charge on any atom is 0.270 e. The van der Waals surface area contributed by atoms with E-state index in [0.29, 0.717) is 28.5 Å². The zero-order valence-electron chi connectivity index (χ0n) is 20.3. The molecule has 4 aromatic rings. The zero-order chi connectivity index (χ0) is 27.4. The normalized spacial score (nSPS) is 14.4. The summed E-state index contributed by atoms with van der Waals surface area (Å²) in [7, 11) is 0. The Morgan fingerprint density at radius 1 is 0.872 bits per heavy atom. The van der Waals surface area contributed by atoms with E-state index in [1.807, 2.05) is 30.3 Å². The Morgan fingerprint density at radius 3 is 2.31 bits per heavy atom.